The predicted molar refractivity (Wildman–Crippen MR) is 90.1 cm³/mol. The van der Waals surface area contributed by atoms with Crippen molar-refractivity contribution in [3.63, 3.8) is 0 Å². The highest BCUT2D eigenvalue weighted by Crippen LogP contribution is 2.30. The Bertz CT molecular complexity index is 490. The van der Waals surface area contributed by atoms with Gasteiger partial charge in [-0.05, 0) is 43.8 Å². The number of hydrogen-bond acceptors (Lipinski definition) is 2. The molecule has 1 rings (SSSR count). The van der Waals surface area contributed by atoms with Crippen molar-refractivity contribution in [3.05, 3.63) is 22.8 Å². The van der Waals surface area contributed by atoms with Gasteiger partial charge in [0.25, 0.3) is 0 Å². The van der Waals surface area contributed by atoms with Crippen LogP contribution < -0.4 is 11.1 Å². The molecule has 4 nitrogen and oxygen atoms in total. The van der Waals surface area contributed by atoms with Crippen LogP contribution in [0.3, 0.4) is 0 Å². The summed E-state index contributed by atoms with van der Waals surface area (Å²) in [5.41, 5.74) is 7.11. The first kappa shape index (κ1) is 18.5. The maximum atomic E-state index is 12.3. The van der Waals surface area contributed by atoms with Crippen molar-refractivity contribution >= 4 is 11.8 Å². The third-order valence-electron chi connectivity index (χ3n) is 4.24. The molecule has 124 valence electrons. The van der Waals surface area contributed by atoms with Crippen LogP contribution in [-0.4, -0.2) is 17.9 Å². The Morgan fingerprint density at radius 3 is 2.09 bits per heavy atom. The van der Waals surface area contributed by atoms with Crippen molar-refractivity contribution in [2.45, 2.75) is 72.8 Å². The van der Waals surface area contributed by atoms with E-state index in [1.807, 2.05) is 20.8 Å². The van der Waals surface area contributed by atoms with Crippen LogP contribution in [0.2, 0.25) is 0 Å². The van der Waals surface area contributed by atoms with Crippen LogP contribution in [0.25, 0.3) is 0 Å². The number of carbonyl (C=O) groups excluding carboxylic acids is 2. The van der Waals surface area contributed by atoms with Gasteiger partial charge in [-0.25, -0.2) is 0 Å². The number of nitrogens with two attached hydrogens (primary N) is 1. The molecule has 1 fully saturated rings. The second-order valence-electron chi connectivity index (χ2n) is 7.29. The number of primary amides is 1. The molecule has 1 aliphatic rings. The summed E-state index contributed by atoms with van der Waals surface area (Å²) in [7, 11) is 0. The van der Waals surface area contributed by atoms with Gasteiger partial charge in [-0.1, -0.05) is 40.0 Å². The molecule has 0 aromatic rings. The predicted octanol–water partition coefficient (Wildman–Crippen LogP) is 3.23. The van der Waals surface area contributed by atoms with Crippen molar-refractivity contribution in [3.8, 4) is 0 Å². The maximum Gasteiger partial charge on any atom is 0.247 e. The molecule has 4 heteroatoms. The van der Waals surface area contributed by atoms with E-state index in [4.69, 9.17) is 5.73 Å². The lowest BCUT2D eigenvalue weighted by Gasteiger charge is -2.25. The summed E-state index contributed by atoms with van der Waals surface area (Å²) in [6.07, 6.45) is 7.54. The van der Waals surface area contributed by atoms with E-state index in [0.29, 0.717) is 11.1 Å². The van der Waals surface area contributed by atoms with Crippen LogP contribution in [-0.2, 0) is 9.59 Å². The lowest BCUT2D eigenvalue weighted by atomic mass is 9.82. The second-order valence-corrected chi connectivity index (χ2v) is 7.29. The fourth-order valence-corrected chi connectivity index (χ4v) is 2.85. The van der Waals surface area contributed by atoms with E-state index >= 15 is 0 Å². The molecule has 0 bridgehead atoms. The Hall–Kier alpha value is -1.58. The lowest BCUT2D eigenvalue weighted by molar-refractivity contribution is -0.118. The molecule has 22 heavy (non-hydrogen) atoms. The highest BCUT2D eigenvalue weighted by Gasteiger charge is 2.22. The summed E-state index contributed by atoms with van der Waals surface area (Å²) >= 11 is 0. The zero-order chi connectivity index (χ0) is 16.9. The molecule has 1 aliphatic carbocycles. The van der Waals surface area contributed by atoms with Gasteiger partial charge in [0.15, 0.2) is 0 Å². The molecule has 0 unspecified atom stereocenters. The van der Waals surface area contributed by atoms with Gasteiger partial charge in [0.1, 0.15) is 0 Å². The van der Waals surface area contributed by atoms with Crippen LogP contribution in [0, 0.1) is 5.41 Å². The largest absolute Gasteiger partial charge is 0.366 e. The van der Waals surface area contributed by atoms with E-state index in [0.717, 1.165) is 18.4 Å². The molecule has 0 aromatic heterocycles. The fraction of sp³-hybridized carbons (Fsp3) is 0.667. The number of amides is 2. The Balaban J connectivity index is 2.93. The van der Waals surface area contributed by atoms with Crippen molar-refractivity contribution in [2.24, 2.45) is 11.1 Å². The van der Waals surface area contributed by atoms with Gasteiger partial charge in [0.2, 0.25) is 11.8 Å². The summed E-state index contributed by atoms with van der Waals surface area (Å²) < 4.78 is 0. The van der Waals surface area contributed by atoms with Crippen LogP contribution >= 0.6 is 0 Å². The molecular weight excluding hydrogens is 276 g/mol. The Morgan fingerprint density at radius 1 is 1.09 bits per heavy atom. The van der Waals surface area contributed by atoms with Crippen LogP contribution in [0.1, 0.15) is 66.7 Å². The summed E-state index contributed by atoms with van der Waals surface area (Å²) in [4.78, 5) is 23.8. The molecule has 0 aromatic carbocycles. The third kappa shape index (κ3) is 5.32. The molecular formula is C18H30N2O2. The molecule has 0 radical (unpaired) electrons. The Kier molecular flexibility index (Phi) is 6.39. The summed E-state index contributed by atoms with van der Waals surface area (Å²) in [5, 5.41) is 3.10. The second kappa shape index (κ2) is 7.61. The van der Waals surface area contributed by atoms with Gasteiger partial charge in [-0.15, -0.1) is 0 Å². The van der Waals surface area contributed by atoms with Gasteiger partial charge in [0, 0.05) is 17.2 Å². The molecule has 0 saturated heterocycles. The molecule has 0 spiro atoms. The van der Waals surface area contributed by atoms with Crippen molar-refractivity contribution in [1.29, 1.82) is 0 Å². The normalized spacial score (nSPS) is 18.7. The SMILES string of the molecule is C/C(=C\C(=C(\C)C(N)=O)C(C)(C)C)C(=O)NC1CCCCC1. The monoisotopic (exact) mass is 306 g/mol. The van der Waals surface area contributed by atoms with Crippen LogP contribution in [0.4, 0.5) is 0 Å². The highest BCUT2D eigenvalue weighted by atomic mass is 16.2. The smallest absolute Gasteiger partial charge is 0.247 e. The number of rotatable bonds is 4. The molecule has 2 amide bonds. The molecule has 3 N–H and O–H groups in total. The minimum atomic E-state index is -0.443. The lowest BCUT2D eigenvalue weighted by Crippen LogP contribution is -2.36. The van der Waals surface area contributed by atoms with E-state index in [2.05, 4.69) is 5.32 Å². The van der Waals surface area contributed by atoms with E-state index in [1.165, 1.54) is 19.3 Å². The third-order valence-corrected chi connectivity index (χ3v) is 4.24. The van der Waals surface area contributed by atoms with E-state index in [-0.39, 0.29) is 17.4 Å². The average molecular weight is 306 g/mol. The standard InChI is InChI=1S/C18H30N2O2/c1-12(17(22)20-14-9-7-6-8-10-14)11-15(18(3,4)5)13(2)16(19)21/h11,14H,6-10H2,1-5H3,(H2,19,21)(H,20,22)/b12-11+,15-13+. The molecule has 0 aliphatic heterocycles. The quantitative estimate of drug-likeness (QED) is 0.618. The van der Waals surface area contributed by atoms with Crippen LogP contribution in [0.15, 0.2) is 22.8 Å². The molecule has 0 heterocycles. The van der Waals surface area contributed by atoms with E-state index in [9.17, 15) is 9.59 Å². The number of allylic oxidation sites excluding steroid dienone is 2. The first-order chi connectivity index (χ1) is 10.1. The van der Waals surface area contributed by atoms with Gasteiger partial charge >= 0.3 is 0 Å². The minimum absolute atomic E-state index is 0.0501. The fourth-order valence-electron chi connectivity index (χ4n) is 2.85. The minimum Gasteiger partial charge on any atom is -0.366 e. The van der Waals surface area contributed by atoms with Crippen molar-refractivity contribution in [1.82, 2.24) is 5.32 Å². The molecule has 1 saturated carbocycles. The van der Waals surface area contributed by atoms with Crippen molar-refractivity contribution < 1.29 is 9.59 Å². The Morgan fingerprint density at radius 2 is 1.64 bits per heavy atom. The summed E-state index contributed by atoms with van der Waals surface area (Å²) in [6, 6.07) is 0.281. The van der Waals surface area contributed by atoms with Crippen molar-refractivity contribution in [2.75, 3.05) is 0 Å². The van der Waals surface area contributed by atoms with Gasteiger partial charge < -0.3 is 11.1 Å². The van der Waals surface area contributed by atoms with E-state index in [1.54, 1.807) is 19.9 Å². The molecule has 0 atom stereocenters. The van der Waals surface area contributed by atoms with Crippen LogP contribution in [0.5, 0.6) is 0 Å². The zero-order valence-electron chi connectivity index (χ0n) is 14.6. The number of nitrogens with one attached hydrogen (secondary N) is 1. The average Bonchev–Trinajstić information content (AvgIpc) is 2.43. The first-order valence-corrected chi connectivity index (χ1v) is 8.13. The topological polar surface area (TPSA) is 72.2 Å². The number of carbonyl (C=O) groups is 2. The van der Waals surface area contributed by atoms with E-state index < -0.39 is 5.91 Å². The zero-order valence-corrected chi connectivity index (χ0v) is 14.6. The highest BCUT2D eigenvalue weighted by molar-refractivity contribution is 5.96. The first-order valence-electron chi connectivity index (χ1n) is 8.13. The van der Waals surface area contributed by atoms with Gasteiger partial charge in [-0.2, -0.15) is 0 Å². The summed E-state index contributed by atoms with van der Waals surface area (Å²) in [5.74, 6) is -0.493. The number of hydrogen-bond donors (Lipinski definition) is 2. The Labute approximate surface area is 134 Å². The van der Waals surface area contributed by atoms with Gasteiger partial charge in [0.05, 0.1) is 0 Å². The summed E-state index contributed by atoms with van der Waals surface area (Å²) in [6.45, 7) is 9.54. The van der Waals surface area contributed by atoms with Gasteiger partial charge in [-0.3, -0.25) is 9.59 Å². The maximum absolute atomic E-state index is 12.3.